The van der Waals surface area contributed by atoms with Crippen LogP contribution in [0.25, 0.3) is 0 Å². The standard InChI is InChI=1S/C33H38N4O5S/c1-22-12-10-11-17-25(22)19-34-31(41)29-33(2,3)43-21-37(29)32(42)28(39)26(18-23-13-6-4-7-14-23)36-27(38)20-35-30(40)24-15-8-5-9-16-24/h4-17,26,28-29,39H,18-21H2,1-3H3,(H,34,41)(H,35,40)(H,36,38)/t26-,28-,29+/m0/s1. The average molecular weight is 603 g/mol. The number of aryl methyl sites for hydroxylation is 1. The van der Waals surface area contributed by atoms with Crippen molar-refractivity contribution in [3.63, 3.8) is 0 Å². The molecule has 0 radical (unpaired) electrons. The molecule has 4 N–H and O–H groups in total. The van der Waals surface area contributed by atoms with Gasteiger partial charge in [0.15, 0.2) is 6.10 Å². The lowest BCUT2D eigenvalue weighted by atomic mass is 9.97. The molecule has 0 aromatic heterocycles. The summed E-state index contributed by atoms with van der Waals surface area (Å²) in [6, 6.07) is 23.6. The zero-order valence-electron chi connectivity index (χ0n) is 24.6. The van der Waals surface area contributed by atoms with E-state index in [1.54, 1.807) is 30.3 Å². The number of nitrogens with zero attached hydrogens (tertiary/aromatic N) is 1. The molecule has 1 saturated heterocycles. The molecule has 4 rings (SSSR count). The van der Waals surface area contributed by atoms with Crippen LogP contribution in [0.5, 0.6) is 0 Å². The van der Waals surface area contributed by atoms with Gasteiger partial charge in [0.25, 0.3) is 11.8 Å². The van der Waals surface area contributed by atoms with E-state index in [1.165, 1.54) is 16.7 Å². The number of carbonyl (C=O) groups is 4. The van der Waals surface area contributed by atoms with Crippen LogP contribution >= 0.6 is 11.8 Å². The number of hydrogen-bond donors (Lipinski definition) is 4. The Morgan fingerprint density at radius 1 is 0.930 bits per heavy atom. The van der Waals surface area contributed by atoms with Crippen molar-refractivity contribution in [2.24, 2.45) is 0 Å². The Labute approximate surface area is 256 Å². The summed E-state index contributed by atoms with van der Waals surface area (Å²) in [7, 11) is 0. The highest BCUT2D eigenvalue weighted by Crippen LogP contribution is 2.40. The topological polar surface area (TPSA) is 128 Å². The predicted molar refractivity (Wildman–Crippen MR) is 167 cm³/mol. The molecule has 1 aliphatic heterocycles. The third-order valence-electron chi connectivity index (χ3n) is 7.52. The van der Waals surface area contributed by atoms with E-state index in [0.717, 1.165) is 16.7 Å². The van der Waals surface area contributed by atoms with Crippen LogP contribution in [0.15, 0.2) is 84.9 Å². The molecule has 3 atom stereocenters. The number of nitrogens with one attached hydrogen (secondary N) is 3. The van der Waals surface area contributed by atoms with Gasteiger partial charge in [-0.1, -0.05) is 72.8 Å². The van der Waals surface area contributed by atoms with Crippen molar-refractivity contribution in [3.05, 3.63) is 107 Å². The summed E-state index contributed by atoms with van der Waals surface area (Å²) in [5, 5.41) is 19.7. The Hall–Kier alpha value is -4.15. The minimum Gasteiger partial charge on any atom is -0.381 e. The zero-order valence-corrected chi connectivity index (χ0v) is 25.4. The Bertz CT molecular complexity index is 1430. The second kappa shape index (κ2) is 14.3. The first-order valence-corrected chi connectivity index (χ1v) is 15.2. The first-order chi connectivity index (χ1) is 20.6. The van der Waals surface area contributed by atoms with Gasteiger partial charge in [-0.3, -0.25) is 19.2 Å². The molecule has 0 bridgehead atoms. The molecule has 0 spiro atoms. The van der Waals surface area contributed by atoms with Crippen LogP contribution in [0.2, 0.25) is 0 Å². The Balaban J connectivity index is 1.47. The number of carbonyl (C=O) groups excluding carboxylic acids is 4. The highest BCUT2D eigenvalue weighted by Gasteiger charge is 2.49. The lowest BCUT2D eigenvalue weighted by molar-refractivity contribution is -0.147. The summed E-state index contributed by atoms with van der Waals surface area (Å²) in [4.78, 5) is 54.0. The molecule has 1 heterocycles. The molecule has 0 saturated carbocycles. The van der Waals surface area contributed by atoms with Gasteiger partial charge in [-0.2, -0.15) is 0 Å². The van der Waals surface area contributed by atoms with Gasteiger partial charge < -0.3 is 26.0 Å². The van der Waals surface area contributed by atoms with Crippen molar-refractivity contribution < 1.29 is 24.3 Å². The molecular formula is C33H38N4O5S. The molecule has 9 nitrogen and oxygen atoms in total. The fourth-order valence-corrected chi connectivity index (χ4v) is 6.20. The number of hydrogen-bond acceptors (Lipinski definition) is 6. The number of thioether (sulfide) groups is 1. The molecule has 226 valence electrons. The second-order valence-corrected chi connectivity index (χ2v) is 12.7. The van der Waals surface area contributed by atoms with Crippen LogP contribution in [0.4, 0.5) is 0 Å². The summed E-state index contributed by atoms with van der Waals surface area (Å²) >= 11 is 1.45. The highest BCUT2D eigenvalue weighted by molar-refractivity contribution is 8.00. The SMILES string of the molecule is Cc1ccccc1CNC(=O)[C@H]1N(C(=O)[C@@H](O)[C@H](Cc2ccccc2)NC(=O)CNC(=O)c2ccccc2)CSC1(C)C. The number of benzene rings is 3. The number of aliphatic hydroxyl groups excluding tert-OH is 1. The summed E-state index contributed by atoms with van der Waals surface area (Å²) < 4.78 is -0.606. The van der Waals surface area contributed by atoms with Crippen molar-refractivity contribution >= 4 is 35.4 Å². The van der Waals surface area contributed by atoms with Crippen LogP contribution < -0.4 is 16.0 Å². The van der Waals surface area contributed by atoms with E-state index in [1.807, 2.05) is 75.4 Å². The second-order valence-electron chi connectivity index (χ2n) is 11.1. The normalized spacial score (nSPS) is 17.0. The van der Waals surface area contributed by atoms with E-state index < -0.39 is 40.7 Å². The summed E-state index contributed by atoms with van der Waals surface area (Å²) in [6.07, 6.45) is -1.46. The maximum atomic E-state index is 13.8. The quantitative estimate of drug-likeness (QED) is 0.267. The first kappa shape index (κ1) is 31.8. The molecule has 1 fully saturated rings. The van der Waals surface area contributed by atoms with Gasteiger partial charge in [-0.05, 0) is 56.0 Å². The van der Waals surface area contributed by atoms with E-state index in [4.69, 9.17) is 0 Å². The van der Waals surface area contributed by atoms with Gasteiger partial charge in [0.1, 0.15) is 6.04 Å². The number of amides is 4. The molecule has 0 aliphatic carbocycles. The van der Waals surface area contributed by atoms with Crippen LogP contribution in [0, 0.1) is 6.92 Å². The van der Waals surface area contributed by atoms with Gasteiger partial charge in [-0.25, -0.2) is 0 Å². The Kier molecular flexibility index (Phi) is 10.6. The van der Waals surface area contributed by atoms with Crippen LogP contribution in [-0.4, -0.2) is 69.0 Å². The maximum Gasteiger partial charge on any atom is 0.254 e. The van der Waals surface area contributed by atoms with Crippen molar-refractivity contribution in [1.29, 1.82) is 0 Å². The molecule has 3 aromatic carbocycles. The average Bonchev–Trinajstić information content (AvgIpc) is 3.33. The minimum absolute atomic E-state index is 0.167. The molecule has 4 amide bonds. The molecule has 43 heavy (non-hydrogen) atoms. The maximum absolute atomic E-state index is 13.8. The monoisotopic (exact) mass is 602 g/mol. The van der Waals surface area contributed by atoms with Crippen molar-refractivity contribution in [2.45, 2.75) is 56.7 Å². The lowest BCUT2D eigenvalue weighted by Crippen LogP contribution is -2.59. The van der Waals surface area contributed by atoms with E-state index in [-0.39, 0.29) is 24.7 Å². The largest absolute Gasteiger partial charge is 0.381 e. The zero-order chi connectivity index (χ0) is 31.0. The van der Waals surface area contributed by atoms with Gasteiger partial charge in [-0.15, -0.1) is 11.8 Å². The van der Waals surface area contributed by atoms with Crippen LogP contribution in [0.3, 0.4) is 0 Å². The van der Waals surface area contributed by atoms with E-state index in [2.05, 4.69) is 16.0 Å². The fraction of sp³-hybridized carbons (Fsp3) is 0.333. The lowest BCUT2D eigenvalue weighted by Gasteiger charge is -2.33. The predicted octanol–water partition coefficient (Wildman–Crippen LogP) is 2.81. The Morgan fingerprint density at radius 2 is 1.56 bits per heavy atom. The van der Waals surface area contributed by atoms with Gasteiger partial charge >= 0.3 is 0 Å². The summed E-state index contributed by atoms with van der Waals surface area (Å²) in [6.45, 7) is 5.74. The minimum atomic E-state index is -1.63. The van der Waals surface area contributed by atoms with Gasteiger partial charge in [0, 0.05) is 16.9 Å². The van der Waals surface area contributed by atoms with Crippen molar-refractivity contribution in [1.82, 2.24) is 20.9 Å². The van der Waals surface area contributed by atoms with Crippen LogP contribution in [-0.2, 0) is 27.3 Å². The summed E-state index contributed by atoms with van der Waals surface area (Å²) in [5.74, 6) is -1.72. The molecule has 1 aliphatic rings. The smallest absolute Gasteiger partial charge is 0.254 e. The van der Waals surface area contributed by atoms with Gasteiger partial charge in [0.2, 0.25) is 11.8 Å². The van der Waals surface area contributed by atoms with Crippen molar-refractivity contribution in [3.8, 4) is 0 Å². The number of rotatable bonds is 11. The van der Waals surface area contributed by atoms with Gasteiger partial charge in [0.05, 0.1) is 18.5 Å². The van der Waals surface area contributed by atoms with E-state index in [0.29, 0.717) is 12.1 Å². The molecular weight excluding hydrogens is 564 g/mol. The Morgan fingerprint density at radius 3 is 2.23 bits per heavy atom. The highest BCUT2D eigenvalue weighted by atomic mass is 32.2. The first-order valence-electron chi connectivity index (χ1n) is 14.2. The van der Waals surface area contributed by atoms with E-state index >= 15 is 0 Å². The van der Waals surface area contributed by atoms with E-state index in [9.17, 15) is 24.3 Å². The number of aliphatic hydroxyl groups is 1. The third kappa shape index (κ3) is 8.24. The molecule has 0 unspecified atom stereocenters. The van der Waals surface area contributed by atoms with Crippen molar-refractivity contribution in [2.75, 3.05) is 12.4 Å². The third-order valence-corrected chi connectivity index (χ3v) is 8.89. The summed E-state index contributed by atoms with van der Waals surface area (Å²) in [5.41, 5.74) is 3.23. The molecule has 3 aromatic rings. The van der Waals surface area contributed by atoms with Crippen LogP contribution in [0.1, 0.15) is 40.9 Å². The molecule has 10 heteroatoms. The fourth-order valence-electron chi connectivity index (χ4n) is 5.06.